The van der Waals surface area contributed by atoms with E-state index in [-0.39, 0.29) is 5.57 Å². The van der Waals surface area contributed by atoms with Gasteiger partial charge in [0, 0.05) is 17.9 Å². The molecule has 0 aliphatic heterocycles. The summed E-state index contributed by atoms with van der Waals surface area (Å²) in [5.74, 6) is -0.486. The predicted molar refractivity (Wildman–Crippen MR) is 92.8 cm³/mol. The Hall–Kier alpha value is -2.19. The van der Waals surface area contributed by atoms with Crippen molar-refractivity contribution in [2.24, 2.45) is 0 Å². The molecule has 0 spiro atoms. The lowest BCUT2D eigenvalue weighted by atomic mass is 10.1. The third-order valence-electron chi connectivity index (χ3n) is 3.92. The van der Waals surface area contributed by atoms with E-state index in [1.54, 1.807) is 18.2 Å². The molecule has 0 saturated heterocycles. The summed E-state index contributed by atoms with van der Waals surface area (Å²) >= 11 is 6.03. The molecule has 1 aromatic rings. The van der Waals surface area contributed by atoms with Crippen molar-refractivity contribution in [2.75, 3.05) is 11.1 Å². The van der Waals surface area contributed by atoms with Crippen molar-refractivity contribution in [3.8, 4) is 6.07 Å². The number of anilines is 2. The molecule has 1 aliphatic carbocycles. The van der Waals surface area contributed by atoms with Gasteiger partial charge in [0.05, 0.1) is 10.7 Å². The smallest absolute Gasteiger partial charge is 0.267 e. The Balaban J connectivity index is 2.00. The molecule has 0 atom stereocenters. The maximum absolute atomic E-state index is 12.2. The Kier molecular flexibility index (Phi) is 6.30. The predicted octanol–water partition coefficient (Wildman–Crippen LogP) is 3.58. The highest BCUT2D eigenvalue weighted by atomic mass is 35.5. The van der Waals surface area contributed by atoms with Gasteiger partial charge in [0.1, 0.15) is 11.6 Å². The summed E-state index contributed by atoms with van der Waals surface area (Å²) in [6, 6.07) is 7.06. The van der Waals surface area contributed by atoms with Crippen LogP contribution in [0.25, 0.3) is 0 Å². The number of carbonyl (C=O) groups excluding carboxylic acids is 1. The van der Waals surface area contributed by atoms with Crippen LogP contribution in [0.15, 0.2) is 30.0 Å². The topological polar surface area (TPSA) is 90.9 Å². The number of nitrogens with zero attached hydrogens (tertiary/aromatic N) is 1. The average molecular weight is 333 g/mol. The number of nitriles is 1. The number of amides is 1. The van der Waals surface area contributed by atoms with Crippen molar-refractivity contribution >= 4 is 28.9 Å². The van der Waals surface area contributed by atoms with Crippen molar-refractivity contribution in [3.63, 3.8) is 0 Å². The molecular formula is C17H21ClN4O. The fourth-order valence-corrected chi connectivity index (χ4v) is 2.85. The van der Waals surface area contributed by atoms with E-state index in [1.165, 1.54) is 31.9 Å². The van der Waals surface area contributed by atoms with Crippen LogP contribution in [0.4, 0.5) is 11.4 Å². The molecule has 1 aromatic carbocycles. The van der Waals surface area contributed by atoms with Gasteiger partial charge in [0.15, 0.2) is 0 Å². The molecular weight excluding hydrogens is 312 g/mol. The zero-order valence-corrected chi connectivity index (χ0v) is 13.7. The zero-order chi connectivity index (χ0) is 16.7. The molecule has 1 amide bonds. The maximum Gasteiger partial charge on any atom is 0.267 e. The Morgan fingerprint density at radius 2 is 2.00 bits per heavy atom. The van der Waals surface area contributed by atoms with E-state index < -0.39 is 5.91 Å². The second-order valence-corrected chi connectivity index (χ2v) is 6.13. The first-order valence-corrected chi connectivity index (χ1v) is 8.20. The van der Waals surface area contributed by atoms with Gasteiger partial charge in [-0.3, -0.25) is 4.79 Å². The van der Waals surface area contributed by atoms with Gasteiger partial charge < -0.3 is 16.4 Å². The van der Waals surface area contributed by atoms with Crippen LogP contribution in [-0.4, -0.2) is 11.9 Å². The lowest BCUT2D eigenvalue weighted by molar-refractivity contribution is -0.112. The van der Waals surface area contributed by atoms with Gasteiger partial charge in [-0.2, -0.15) is 5.26 Å². The highest BCUT2D eigenvalue weighted by Crippen LogP contribution is 2.24. The van der Waals surface area contributed by atoms with Crippen LogP contribution in [0.1, 0.15) is 38.5 Å². The van der Waals surface area contributed by atoms with Crippen LogP contribution in [0.5, 0.6) is 0 Å². The van der Waals surface area contributed by atoms with Crippen LogP contribution in [0, 0.1) is 11.3 Å². The number of nitrogen functional groups attached to an aromatic ring is 1. The van der Waals surface area contributed by atoms with E-state index >= 15 is 0 Å². The van der Waals surface area contributed by atoms with E-state index in [9.17, 15) is 10.1 Å². The quantitative estimate of drug-likeness (QED) is 0.340. The molecule has 4 N–H and O–H groups in total. The van der Waals surface area contributed by atoms with Gasteiger partial charge >= 0.3 is 0 Å². The molecule has 0 radical (unpaired) electrons. The highest BCUT2D eigenvalue weighted by molar-refractivity contribution is 6.34. The number of carbonyl (C=O) groups is 1. The molecule has 1 aliphatic rings. The molecule has 23 heavy (non-hydrogen) atoms. The second kappa shape index (κ2) is 8.44. The number of hydrogen-bond donors (Lipinski definition) is 3. The summed E-state index contributed by atoms with van der Waals surface area (Å²) in [7, 11) is 0. The molecule has 1 saturated carbocycles. The number of hydrogen-bond acceptors (Lipinski definition) is 4. The van der Waals surface area contributed by atoms with Crippen molar-refractivity contribution in [2.45, 2.75) is 44.6 Å². The third kappa shape index (κ3) is 5.19. The fraction of sp³-hybridized carbons (Fsp3) is 0.412. The molecule has 0 bridgehead atoms. The first-order chi connectivity index (χ1) is 11.1. The summed E-state index contributed by atoms with van der Waals surface area (Å²) < 4.78 is 0. The summed E-state index contributed by atoms with van der Waals surface area (Å²) in [6.45, 7) is 0. The Morgan fingerprint density at radius 1 is 1.30 bits per heavy atom. The van der Waals surface area contributed by atoms with E-state index in [4.69, 9.17) is 17.3 Å². The highest BCUT2D eigenvalue weighted by Gasteiger charge is 2.14. The number of nitrogens with two attached hydrogens (primary N) is 1. The molecule has 122 valence electrons. The SMILES string of the molecule is N#C/C(=C/NC1CCCCCC1)C(=O)Nc1ccc(N)cc1Cl. The lowest BCUT2D eigenvalue weighted by Gasteiger charge is -2.14. The van der Waals surface area contributed by atoms with Gasteiger partial charge in [0.25, 0.3) is 5.91 Å². The van der Waals surface area contributed by atoms with E-state index in [0.717, 1.165) is 12.8 Å². The van der Waals surface area contributed by atoms with Crippen molar-refractivity contribution in [1.82, 2.24) is 5.32 Å². The fourth-order valence-electron chi connectivity index (χ4n) is 2.62. The monoisotopic (exact) mass is 332 g/mol. The molecule has 5 nitrogen and oxygen atoms in total. The first-order valence-electron chi connectivity index (χ1n) is 7.83. The average Bonchev–Trinajstić information content (AvgIpc) is 2.79. The zero-order valence-electron chi connectivity index (χ0n) is 12.9. The van der Waals surface area contributed by atoms with Crippen LogP contribution in [0.2, 0.25) is 5.02 Å². The van der Waals surface area contributed by atoms with Crippen molar-refractivity contribution in [3.05, 3.63) is 35.0 Å². The Bertz CT molecular complexity index is 628. The number of rotatable bonds is 4. The summed E-state index contributed by atoms with van der Waals surface area (Å²) in [5, 5.41) is 15.4. The third-order valence-corrected chi connectivity index (χ3v) is 4.24. The maximum atomic E-state index is 12.2. The molecule has 2 rings (SSSR count). The lowest BCUT2D eigenvalue weighted by Crippen LogP contribution is -2.25. The molecule has 6 heteroatoms. The largest absolute Gasteiger partial charge is 0.399 e. The summed E-state index contributed by atoms with van der Waals surface area (Å²) in [6.07, 6.45) is 8.52. The summed E-state index contributed by atoms with van der Waals surface area (Å²) in [4.78, 5) is 12.2. The van der Waals surface area contributed by atoms with Gasteiger partial charge in [-0.1, -0.05) is 37.3 Å². The standard InChI is InChI=1S/C17H21ClN4O/c18-15-9-13(20)7-8-16(15)22-17(23)12(10-19)11-21-14-5-3-1-2-4-6-14/h7-9,11,14,21H,1-6,20H2,(H,22,23)/b12-11-. The molecule has 0 aromatic heterocycles. The molecule has 1 fully saturated rings. The molecule has 0 heterocycles. The van der Waals surface area contributed by atoms with Crippen LogP contribution in [0.3, 0.4) is 0 Å². The van der Waals surface area contributed by atoms with Gasteiger partial charge in [0.2, 0.25) is 0 Å². The molecule has 0 unspecified atom stereocenters. The summed E-state index contributed by atoms with van der Waals surface area (Å²) in [5.41, 5.74) is 6.59. The van der Waals surface area contributed by atoms with Crippen LogP contribution >= 0.6 is 11.6 Å². The number of halogens is 1. The van der Waals surface area contributed by atoms with Gasteiger partial charge in [-0.05, 0) is 31.0 Å². The minimum absolute atomic E-state index is 0.0298. The van der Waals surface area contributed by atoms with E-state index in [0.29, 0.717) is 22.4 Å². The number of nitrogens with one attached hydrogen (secondary N) is 2. The van der Waals surface area contributed by atoms with Crippen LogP contribution < -0.4 is 16.4 Å². The number of benzene rings is 1. The first kappa shape index (κ1) is 17.2. The van der Waals surface area contributed by atoms with Crippen LogP contribution in [-0.2, 0) is 4.79 Å². The van der Waals surface area contributed by atoms with Crippen molar-refractivity contribution in [1.29, 1.82) is 5.26 Å². The second-order valence-electron chi connectivity index (χ2n) is 5.72. The van der Waals surface area contributed by atoms with Gasteiger partial charge in [-0.25, -0.2) is 0 Å². The minimum Gasteiger partial charge on any atom is -0.399 e. The normalized spacial score (nSPS) is 16.3. The Labute approximate surface area is 141 Å². The van der Waals surface area contributed by atoms with Crippen molar-refractivity contribution < 1.29 is 4.79 Å². The van der Waals surface area contributed by atoms with Gasteiger partial charge in [-0.15, -0.1) is 0 Å². The minimum atomic E-state index is -0.486. The van der Waals surface area contributed by atoms with E-state index in [2.05, 4.69) is 10.6 Å². The van der Waals surface area contributed by atoms with E-state index in [1.807, 2.05) is 6.07 Å². The Morgan fingerprint density at radius 3 is 2.61 bits per heavy atom.